The number of nitrogens with one attached hydrogen (secondary N) is 1. The zero-order valence-corrected chi connectivity index (χ0v) is 10.8. The highest BCUT2D eigenvalue weighted by atomic mass is 127. The molecule has 1 aliphatic rings. The summed E-state index contributed by atoms with van der Waals surface area (Å²) in [6.45, 7) is 2.11. The van der Waals surface area contributed by atoms with E-state index in [2.05, 4.69) is 34.0 Å². The zero-order chi connectivity index (χ0) is 10.7. The second kappa shape index (κ2) is 4.70. The number of benzene rings is 1. The average molecular weight is 317 g/mol. The third-order valence-electron chi connectivity index (χ3n) is 2.95. The fourth-order valence-corrected chi connectivity index (χ4v) is 3.05. The molecule has 1 atom stereocenters. The quantitative estimate of drug-likeness (QED) is 0.617. The van der Waals surface area contributed by atoms with E-state index in [1.165, 1.54) is 24.8 Å². The molecule has 0 amide bonds. The van der Waals surface area contributed by atoms with Crippen molar-refractivity contribution in [1.29, 1.82) is 0 Å². The molecule has 82 valence electrons. The molecular weight excluding hydrogens is 301 g/mol. The summed E-state index contributed by atoms with van der Waals surface area (Å²) >= 11 is 2.52. The first-order valence-electron chi connectivity index (χ1n) is 5.40. The van der Waals surface area contributed by atoms with Crippen molar-refractivity contribution in [3.05, 3.63) is 29.8 Å². The molecule has 1 heterocycles. The number of alkyl halides is 1. The highest BCUT2D eigenvalue weighted by Gasteiger charge is 2.29. The van der Waals surface area contributed by atoms with Gasteiger partial charge in [0, 0.05) is 6.54 Å². The number of phenols is 1. The summed E-state index contributed by atoms with van der Waals surface area (Å²) in [5.74, 6) is 0.368. The summed E-state index contributed by atoms with van der Waals surface area (Å²) in [4.78, 5) is 0. The Labute approximate surface area is 104 Å². The molecule has 0 aromatic heterocycles. The third kappa shape index (κ3) is 2.64. The molecular formula is C12H16INO. The van der Waals surface area contributed by atoms with Gasteiger partial charge in [0.2, 0.25) is 0 Å². The van der Waals surface area contributed by atoms with E-state index in [1.807, 2.05) is 12.1 Å². The summed E-state index contributed by atoms with van der Waals surface area (Å²) in [5.41, 5.74) is 1.23. The Balaban J connectivity index is 2.26. The van der Waals surface area contributed by atoms with Crippen LogP contribution in [-0.2, 0) is 3.42 Å². The third-order valence-corrected chi connectivity index (χ3v) is 4.49. The Morgan fingerprint density at radius 3 is 3.00 bits per heavy atom. The van der Waals surface area contributed by atoms with E-state index in [9.17, 15) is 5.11 Å². The van der Waals surface area contributed by atoms with Crippen molar-refractivity contribution >= 4 is 22.6 Å². The van der Waals surface area contributed by atoms with Crippen LogP contribution in [0.15, 0.2) is 24.3 Å². The predicted molar refractivity (Wildman–Crippen MR) is 70.5 cm³/mol. The van der Waals surface area contributed by atoms with E-state index in [1.54, 1.807) is 6.07 Å². The molecule has 0 aliphatic carbocycles. The van der Waals surface area contributed by atoms with E-state index < -0.39 is 0 Å². The van der Waals surface area contributed by atoms with Gasteiger partial charge in [0.05, 0.1) is 3.42 Å². The maximum atomic E-state index is 9.50. The first kappa shape index (κ1) is 11.2. The average Bonchev–Trinajstić information content (AvgIpc) is 2.44. The summed E-state index contributed by atoms with van der Waals surface area (Å²) in [6, 6.07) is 7.65. The summed E-state index contributed by atoms with van der Waals surface area (Å²) in [5, 5.41) is 13.0. The van der Waals surface area contributed by atoms with E-state index in [0.717, 1.165) is 13.1 Å². The van der Waals surface area contributed by atoms with Crippen molar-refractivity contribution in [1.82, 2.24) is 5.32 Å². The van der Waals surface area contributed by atoms with Gasteiger partial charge >= 0.3 is 0 Å². The number of aromatic hydroxyl groups is 1. The normalized spacial score (nSPS) is 27.3. The van der Waals surface area contributed by atoms with Gasteiger partial charge in [-0.2, -0.15) is 0 Å². The molecule has 1 aliphatic heterocycles. The van der Waals surface area contributed by atoms with Crippen molar-refractivity contribution in [2.24, 2.45) is 0 Å². The Morgan fingerprint density at radius 1 is 1.33 bits per heavy atom. The molecule has 2 N–H and O–H groups in total. The smallest absolute Gasteiger partial charge is 0.115 e. The predicted octanol–water partition coefficient (Wildman–Crippen LogP) is 2.80. The number of halogens is 1. The van der Waals surface area contributed by atoms with Crippen molar-refractivity contribution in [3.8, 4) is 5.75 Å². The SMILES string of the molecule is Oc1cccc([C@]2(I)CCCCNC2)c1. The number of hydrogen-bond acceptors (Lipinski definition) is 2. The summed E-state index contributed by atoms with van der Waals surface area (Å²) < 4.78 is 0.146. The Morgan fingerprint density at radius 2 is 2.20 bits per heavy atom. The molecule has 0 radical (unpaired) electrons. The van der Waals surface area contributed by atoms with Gasteiger partial charge in [-0.15, -0.1) is 0 Å². The van der Waals surface area contributed by atoms with Crippen LogP contribution in [0.5, 0.6) is 5.75 Å². The lowest BCUT2D eigenvalue weighted by atomic mass is 9.94. The highest BCUT2D eigenvalue weighted by Crippen LogP contribution is 2.38. The van der Waals surface area contributed by atoms with Gasteiger partial charge in [0.1, 0.15) is 5.75 Å². The maximum absolute atomic E-state index is 9.50. The standard InChI is InChI=1S/C12H16INO/c13-12(6-1-2-7-14-9-12)10-4-3-5-11(15)8-10/h3-5,8,14-15H,1-2,6-7,9H2/t12-/m0/s1. The van der Waals surface area contributed by atoms with Crippen molar-refractivity contribution in [2.45, 2.75) is 22.7 Å². The van der Waals surface area contributed by atoms with E-state index >= 15 is 0 Å². The van der Waals surface area contributed by atoms with Gasteiger partial charge in [0.25, 0.3) is 0 Å². The van der Waals surface area contributed by atoms with Gasteiger partial charge in [-0.25, -0.2) is 0 Å². The molecule has 15 heavy (non-hydrogen) atoms. The fraction of sp³-hybridized carbons (Fsp3) is 0.500. The molecule has 1 aromatic carbocycles. The second-order valence-electron chi connectivity index (χ2n) is 4.15. The second-order valence-corrected chi connectivity index (χ2v) is 6.21. The first-order chi connectivity index (χ1) is 7.21. The first-order valence-corrected chi connectivity index (χ1v) is 6.48. The van der Waals surface area contributed by atoms with Crippen molar-refractivity contribution < 1.29 is 5.11 Å². The largest absolute Gasteiger partial charge is 0.508 e. The van der Waals surface area contributed by atoms with Gasteiger partial charge in [-0.3, -0.25) is 0 Å². The monoisotopic (exact) mass is 317 g/mol. The van der Waals surface area contributed by atoms with Crippen LogP contribution in [0.3, 0.4) is 0 Å². The van der Waals surface area contributed by atoms with Crippen LogP contribution in [-0.4, -0.2) is 18.2 Å². The molecule has 2 rings (SSSR count). The molecule has 0 saturated carbocycles. The molecule has 1 aromatic rings. The molecule has 0 spiro atoms. The summed E-state index contributed by atoms with van der Waals surface area (Å²) in [7, 11) is 0. The topological polar surface area (TPSA) is 32.3 Å². The Kier molecular flexibility index (Phi) is 3.51. The Hall–Kier alpha value is -0.290. The molecule has 1 fully saturated rings. The van der Waals surface area contributed by atoms with Crippen molar-refractivity contribution in [2.75, 3.05) is 13.1 Å². The lowest BCUT2D eigenvalue weighted by Gasteiger charge is -2.26. The van der Waals surface area contributed by atoms with Crippen LogP contribution < -0.4 is 5.32 Å². The van der Waals surface area contributed by atoms with Crippen LogP contribution in [0.2, 0.25) is 0 Å². The lowest BCUT2D eigenvalue weighted by molar-refractivity contribution is 0.472. The van der Waals surface area contributed by atoms with Crippen LogP contribution in [0, 0.1) is 0 Å². The van der Waals surface area contributed by atoms with E-state index in [-0.39, 0.29) is 3.42 Å². The molecule has 0 bridgehead atoms. The van der Waals surface area contributed by atoms with Gasteiger partial charge in [-0.1, -0.05) is 41.1 Å². The minimum absolute atomic E-state index is 0.146. The van der Waals surface area contributed by atoms with Crippen molar-refractivity contribution in [3.63, 3.8) is 0 Å². The van der Waals surface area contributed by atoms with Crippen LogP contribution in [0.25, 0.3) is 0 Å². The lowest BCUT2D eigenvalue weighted by Crippen LogP contribution is -2.30. The van der Waals surface area contributed by atoms with E-state index in [0.29, 0.717) is 5.75 Å². The van der Waals surface area contributed by atoms with Crippen LogP contribution >= 0.6 is 22.6 Å². The van der Waals surface area contributed by atoms with Gasteiger partial charge in [-0.05, 0) is 37.1 Å². The van der Waals surface area contributed by atoms with Gasteiger partial charge in [0.15, 0.2) is 0 Å². The fourth-order valence-electron chi connectivity index (χ4n) is 2.06. The molecule has 3 heteroatoms. The molecule has 1 saturated heterocycles. The number of phenolic OH excluding ortho intramolecular Hbond substituents is 1. The zero-order valence-electron chi connectivity index (χ0n) is 8.67. The van der Waals surface area contributed by atoms with E-state index in [4.69, 9.17) is 0 Å². The molecule has 0 unspecified atom stereocenters. The van der Waals surface area contributed by atoms with Gasteiger partial charge < -0.3 is 10.4 Å². The minimum Gasteiger partial charge on any atom is -0.508 e. The Bertz CT molecular complexity index is 332. The van der Waals surface area contributed by atoms with Crippen LogP contribution in [0.1, 0.15) is 24.8 Å². The number of rotatable bonds is 1. The highest BCUT2D eigenvalue weighted by molar-refractivity contribution is 14.1. The minimum atomic E-state index is 0.146. The number of hydrogen-bond donors (Lipinski definition) is 2. The summed E-state index contributed by atoms with van der Waals surface area (Å²) in [6.07, 6.45) is 3.69. The van der Waals surface area contributed by atoms with Crippen LogP contribution in [0.4, 0.5) is 0 Å². The maximum Gasteiger partial charge on any atom is 0.115 e. The molecule has 2 nitrogen and oxygen atoms in total.